The molecule has 1 unspecified atom stereocenters. The van der Waals surface area contributed by atoms with Crippen LogP contribution in [0.25, 0.3) is 78.9 Å². The summed E-state index contributed by atoms with van der Waals surface area (Å²) in [4.78, 5) is 24.9. The second kappa shape index (κ2) is 16.0. The van der Waals surface area contributed by atoms with E-state index in [9.17, 15) is 0 Å². The van der Waals surface area contributed by atoms with E-state index in [1.807, 2.05) is 152 Å². The Bertz CT molecular complexity index is 2600. The van der Waals surface area contributed by atoms with Crippen LogP contribution in [0.2, 0.25) is 0 Å². The van der Waals surface area contributed by atoms with Crippen LogP contribution in [0.1, 0.15) is 11.7 Å². The van der Waals surface area contributed by atoms with Gasteiger partial charge < -0.3 is 11.1 Å². The largest absolute Gasteiger partial charge is 0.335 e. The molecule has 0 spiro atoms. The molecule has 0 bridgehead atoms. The SMILES string of the molecule is NC(Nc1nc(-c2ccccc2)cc(-c2ccccc2)n1)c1ccc(-c2nc(-c3cccc(-c4ccccc4)c3)nc(-c3cccc(-c4ccccc4)c3)n2)cc1. The molecule has 0 amide bonds. The summed E-state index contributed by atoms with van der Waals surface area (Å²) in [6.45, 7) is 0. The molecular formula is C50H37N7. The highest BCUT2D eigenvalue weighted by Gasteiger charge is 2.16. The highest BCUT2D eigenvalue weighted by atomic mass is 15.2. The van der Waals surface area contributed by atoms with Crippen molar-refractivity contribution in [2.45, 2.75) is 6.17 Å². The van der Waals surface area contributed by atoms with E-state index >= 15 is 0 Å². The molecular weight excluding hydrogens is 699 g/mol. The second-order valence-electron chi connectivity index (χ2n) is 13.6. The van der Waals surface area contributed by atoms with Gasteiger partial charge in [-0.05, 0) is 46.0 Å². The highest BCUT2D eigenvalue weighted by molar-refractivity contribution is 5.75. The first-order valence-electron chi connectivity index (χ1n) is 18.8. The van der Waals surface area contributed by atoms with Crippen molar-refractivity contribution in [3.8, 4) is 78.9 Å². The molecule has 9 rings (SSSR count). The van der Waals surface area contributed by atoms with Crippen LogP contribution >= 0.6 is 0 Å². The number of rotatable bonds is 10. The van der Waals surface area contributed by atoms with Gasteiger partial charge in [0.2, 0.25) is 5.95 Å². The minimum Gasteiger partial charge on any atom is -0.335 e. The molecule has 7 nitrogen and oxygen atoms in total. The molecule has 57 heavy (non-hydrogen) atoms. The van der Waals surface area contributed by atoms with Crippen molar-refractivity contribution >= 4 is 5.95 Å². The normalized spacial score (nSPS) is 11.5. The summed E-state index contributed by atoms with van der Waals surface area (Å²) in [5.74, 6) is 2.17. The maximum absolute atomic E-state index is 6.79. The molecule has 7 heteroatoms. The number of nitrogens with one attached hydrogen (secondary N) is 1. The molecule has 0 saturated carbocycles. The minimum atomic E-state index is -0.584. The minimum absolute atomic E-state index is 0.439. The van der Waals surface area contributed by atoms with Crippen LogP contribution in [0.5, 0.6) is 0 Å². The standard InChI is InChI=1S/C50H37N7/c51-46(54-50-52-44(36-19-9-3-10-20-36)33-45(53-50)37-21-11-4-12-22-37)38-27-29-39(30-28-38)47-55-48(42-25-13-23-40(31-42)34-15-5-1-6-16-34)57-49(56-47)43-26-14-24-41(32-43)35-17-7-2-8-18-35/h1-33,46H,51H2,(H,52,53,54). The molecule has 9 aromatic rings. The number of anilines is 1. The number of nitrogens with two attached hydrogens (primary N) is 1. The van der Waals surface area contributed by atoms with E-state index in [1.165, 1.54) is 0 Å². The fourth-order valence-corrected chi connectivity index (χ4v) is 6.79. The summed E-state index contributed by atoms with van der Waals surface area (Å²) in [5, 5.41) is 3.35. The van der Waals surface area contributed by atoms with Crippen molar-refractivity contribution in [3.05, 3.63) is 206 Å². The van der Waals surface area contributed by atoms with Gasteiger partial charge in [-0.3, -0.25) is 0 Å². The molecule has 2 aromatic heterocycles. The Morgan fingerprint density at radius 2 is 0.684 bits per heavy atom. The first-order chi connectivity index (χ1) is 28.1. The maximum Gasteiger partial charge on any atom is 0.225 e. The molecule has 272 valence electrons. The molecule has 0 fully saturated rings. The Kier molecular flexibility index (Phi) is 9.86. The van der Waals surface area contributed by atoms with Crippen LogP contribution in [-0.4, -0.2) is 24.9 Å². The first-order valence-corrected chi connectivity index (χ1v) is 18.8. The molecule has 0 saturated heterocycles. The van der Waals surface area contributed by atoms with Crippen LogP contribution in [-0.2, 0) is 0 Å². The van der Waals surface area contributed by atoms with Crippen LogP contribution in [0.3, 0.4) is 0 Å². The lowest BCUT2D eigenvalue weighted by molar-refractivity contribution is 0.818. The molecule has 0 aliphatic carbocycles. The van der Waals surface area contributed by atoms with Crippen molar-refractivity contribution in [2.75, 3.05) is 5.32 Å². The number of benzene rings is 7. The van der Waals surface area contributed by atoms with E-state index in [0.29, 0.717) is 23.4 Å². The number of hydrogen-bond acceptors (Lipinski definition) is 7. The van der Waals surface area contributed by atoms with Crippen molar-refractivity contribution in [3.63, 3.8) is 0 Å². The summed E-state index contributed by atoms with van der Waals surface area (Å²) in [7, 11) is 0. The third kappa shape index (κ3) is 7.96. The van der Waals surface area contributed by atoms with E-state index in [0.717, 1.165) is 67.0 Å². The maximum atomic E-state index is 6.79. The quantitative estimate of drug-likeness (QED) is 0.135. The zero-order valence-electron chi connectivity index (χ0n) is 30.9. The van der Waals surface area contributed by atoms with Gasteiger partial charge in [-0.1, -0.05) is 182 Å². The lowest BCUT2D eigenvalue weighted by Crippen LogP contribution is -2.21. The Morgan fingerprint density at radius 3 is 1.12 bits per heavy atom. The van der Waals surface area contributed by atoms with Gasteiger partial charge >= 0.3 is 0 Å². The number of nitrogens with zero attached hydrogens (tertiary/aromatic N) is 5. The van der Waals surface area contributed by atoms with Gasteiger partial charge in [0, 0.05) is 27.8 Å². The monoisotopic (exact) mass is 735 g/mol. The van der Waals surface area contributed by atoms with Gasteiger partial charge in [-0.15, -0.1) is 0 Å². The van der Waals surface area contributed by atoms with Crippen LogP contribution in [0, 0.1) is 0 Å². The van der Waals surface area contributed by atoms with Gasteiger partial charge in [0.05, 0.1) is 11.4 Å². The first kappa shape index (κ1) is 35.1. The highest BCUT2D eigenvalue weighted by Crippen LogP contribution is 2.31. The average Bonchev–Trinajstić information content (AvgIpc) is 3.30. The zero-order chi connectivity index (χ0) is 38.4. The number of hydrogen-bond donors (Lipinski definition) is 2. The summed E-state index contributed by atoms with van der Waals surface area (Å²) in [6, 6.07) is 67.4. The van der Waals surface area contributed by atoms with E-state index in [1.54, 1.807) is 0 Å². The Morgan fingerprint density at radius 1 is 0.316 bits per heavy atom. The molecule has 2 heterocycles. The van der Waals surface area contributed by atoms with Gasteiger partial charge in [-0.25, -0.2) is 24.9 Å². The van der Waals surface area contributed by atoms with Gasteiger partial charge in [0.15, 0.2) is 17.5 Å². The molecule has 1 atom stereocenters. The van der Waals surface area contributed by atoms with Crippen molar-refractivity contribution in [1.82, 2.24) is 24.9 Å². The molecule has 3 N–H and O–H groups in total. The van der Waals surface area contributed by atoms with E-state index in [-0.39, 0.29) is 0 Å². The molecule has 0 aliphatic heterocycles. The third-order valence-electron chi connectivity index (χ3n) is 9.77. The van der Waals surface area contributed by atoms with Crippen molar-refractivity contribution < 1.29 is 0 Å². The van der Waals surface area contributed by atoms with Crippen molar-refractivity contribution in [2.24, 2.45) is 5.73 Å². The average molecular weight is 736 g/mol. The smallest absolute Gasteiger partial charge is 0.225 e. The van der Waals surface area contributed by atoms with Crippen LogP contribution in [0.15, 0.2) is 200 Å². The summed E-state index contributed by atoms with van der Waals surface area (Å²) in [5.41, 5.74) is 18.3. The van der Waals surface area contributed by atoms with Gasteiger partial charge in [-0.2, -0.15) is 0 Å². The lowest BCUT2D eigenvalue weighted by Gasteiger charge is -2.16. The van der Waals surface area contributed by atoms with Crippen molar-refractivity contribution in [1.29, 1.82) is 0 Å². The van der Waals surface area contributed by atoms with Crippen LogP contribution in [0.4, 0.5) is 5.95 Å². The molecule has 0 aliphatic rings. The molecule has 7 aromatic carbocycles. The third-order valence-corrected chi connectivity index (χ3v) is 9.77. The van der Waals surface area contributed by atoms with E-state index < -0.39 is 6.17 Å². The van der Waals surface area contributed by atoms with Gasteiger partial charge in [0.25, 0.3) is 0 Å². The second-order valence-corrected chi connectivity index (χ2v) is 13.6. The van der Waals surface area contributed by atoms with Crippen LogP contribution < -0.4 is 11.1 Å². The predicted octanol–water partition coefficient (Wildman–Crippen LogP) is 11.4. The lowest BCUT2D eigenvalue weighted by atomic mass is 10.0. The Labute approximate surface area is 331 Å². The van der Waals surface area contributed by atoms with E-state index in [4.69, 9.17) is 30.7 Å². The Balaban J connectivity index is 1.06. The fraction of sp³-hybridized carbons (Fsp3) is 0.0200. The molecule has 0 radical (unpaired) electrons. The number of aromatic nitrogens is 5. The Hall–Kier alpha value is -7.61. The zero-order valence-corrected chi connectivity index (χ0v) is 30.9. The summed E-state index contributed by atoms with van der Waals surface area (Å²) in [6.07, 6.45) is -0.584. The fourth-order valence-electron chi connectivity index (χ4n) is 6.79. The predicted molar refractivity (Wildman–Crippen MR) is 230 cm³/mol. The topological polar surface area (TPSA) is 102 Å². The summed E-state index contributed by atoms with van der Waals surface area (Å²) >= 11 is 0. The van der Waals surface area contributed by atoms with Gasteiger partial charge in [0.1, 0.15) is 6.17 Å². The van der Waals surface area contributed by atoms with E-state index in [2.05, 4.69) is 53.8 Å². The summed E-state index contributed by atoms with van der Waals surface area (Å²) < 4.78 is 0.